The molecular formula is C15H15NO2S. The van der Waals surface area contributed by atoms with E-state index in [1.807, 2.05) is 42.6 Å². The minimum Gasteiger partial charge on any atom is -0.480 e. The Morgan fingerprint density at radius 1 is 1.26 bits per heavy atom. The smallest absolute Gasteiger partial charge is 0.316 e. The zero-order chi connectivity index (χ0) is 13.7. The van der Waals surface area contributed by atoms with E-state index < -0.39 is 11.2 Å². The Kier molecular flexibility index (Phi) is 4.58. The highest BCUT2D eigenvalue weighted by Crippen LogP contribution is 2.24. The van der Waals surface area contributed by atoms with Gasteiger partial charge in [-0.15, -0.1) is 11.8 Å². The molecule has 0 aliphatic heterocycles. The number of pyridine rings is 1. The van der Waals surface area contributed by atoms with Gasteiger partial charge in [-0.2, -0.15) is 0 Å². The highest BCUT2D eigenvalue weighted by Gasteiger charge is 2.11. The molecule has 0 saturated heterocycles. The fourth-order valence-corrected chi connectivity index (χ4v) is 2.48. The lowest BCUT2D eigenvalue weighted by atomic mass is 10.1. The minimum atomic E-state index is -0.788. The summed E-state index contributed by atoms with van der Waals surface area (Å²) in [7, 11) is 0. The summed E-state index contributed by atoms with van der Waals surface area (Å²) >= 11 is 1.35. The first-order chi connectivity index (χ1) is 9.15. The van der Waals surface area contributed by atoms with Crippen LogP contribution in [0.1, 0.15) is 18.1 Å². The predicted octanol–water partition coefficient (Wildman–Crippen LogP) is 3.24. The summed E-state index contributed by atoms with van der Waals surface area (Å²) in [5.41, 5.74) is 2.36. The summed E-state index contributed by atoms with van der Waals surface area (Å²) < 4.78 is 0. The molecule has 0 radical (unpaired) electrons. The number of thioether (sulfide) groups is 1. The molecule has 0 amide bonds. The van der Waals surface area contributed by atoms with Crippen LogP contribution in [0.3, 0.4) is 0 Å². The van der Waals surface area contributed by atoms with Crippen molar-refractivity contribution in [3.05, 3.63) is 59.9 Å². The van der Waals surface area contributed by atoms with E-state index in [1.54, 1.807) is 13.1 Å². The second-order valence-electron chi connectivity index (χ2n) is 4.28. The van der Waals surface area contributed by atoms with Crippen LogP contribution in [0.4, 0.5) is 0 Å². The molecule has 0 fully saturated rings. The van der Waals surface area contributed by atoms with Gasteiger partial charge in [-0.3, -0.25) is 9.78 Å². The average molecular weight is 273 g/mol. The molecule has 2 aromatic rings. The molecule has 98 valence electrons. The van der Waals surface area contributed by atoms with Crippen molar-refractivity contribution in [3.63, 3.8) is 0 Å². The van der Waals surface area contributed by atoms with Gasteiger partial charge in [-0.05, 0) is 42.7 Å². The van der Waals surface area contributed by atoms with E-state index >= 15 is 0 Å². The Labute approximate surface area is 116 Å². The largest absolute Gasteiger partial charge is 0.480 e. The van der Waals surface area contributed by atoms with Crippen molar-refractivity contribution >= 4 is 17.7 Å². The quantitative estimate of drug-likeness (QED) is 0.850. The number of hydrogen-bond donors (Lipinski definition) is 1. The van der Waals surface area contributed by atoms with E-state index in [0.29, 0.717) is 0 Å². The van der Waals surface area contributed by atoms with Gasteiger partial charge in [0.15, 0.2) is 0 Å². The zero-order valence-corrected chi connectivity index (χ0v) is 11.4. The van der Waals surface area contributed by atoms with Gasteiger partial charge < -0.3 is 5.11 Å². The Morgan fingerprint density at radius 3 is 2.58 bits per heavy atom. The first kappa shape index (κ1) is 13.6. The van der Waals surface area contributed by atoms with Gasteiger partial charge in [0.05, 0.1) is 0 Å². The van der Waals surface area contributed by atoms with Gasteiger partial charge in [-0.1, -0.05) is 18.2 Å². The Morgan fingerprint density at radius 2 is 2.00 bits per heavy atom. The maximum Gasteiger partial charge on any atom is 0.316 e. The van der Waals surface area contributed by atoms with E-state index in [9.17, 15) is 4.79 Å². The van der Waals surface area contributed by atoms with Gasteiger partial charge >= 0.3 is 5.97 Å². The third-order valence-corrected chi connectivity index (χ3v) is 3.81. The lowest BCUT2D eigenvalue weighted by molar-refractivity contribution is -0.136. The normalized spacial score (nSPS) is 12.1. The average Bonchev–Trinajstić information content (AvgIpc) is 2.42. The number of rotatable bonds is 5. The third kappa shape index (κ3) is 4.10. The molecule has 19 heavy (non-hydrogen) atoms. The third-order valence-electron chi connectivity index (χ3n) is 2.72. The highest BCUT2D eigenvalue weighted by molar-refractivity contribution is 8.00. The molecule has 2 rings (SSSR count). The molecule has 0 aliphatic carbocycles. The van der Waals surface area contributed by atoms with Crippen LogP contribution in [0.2, 0.25) is 0 Å². The number of aliphatic carboxylic acids is 1. The summed E-state index contributed by atoms with van der Waals surface area (Å²) in [6.07, 6.45) is 4.46. The molecule has 0 aliphatic rings. The van der Waals surface area contributed by atoms with Gasteiger partial charge in [0.2, 0.25) is 0 Å². The number of nitrogens with zero attached hydrogens (tertiary/aromatic N) is 1. The summed E-state index contributed by atoms with van der Waals surface area (Å²) in [6.45, 7) is 1.69. The van der Waals surface area contributed by atoms with Gasteiger partial charge in [0.25, 0.3) is 0 Å². The van der Waals surface area contributed by atoms with Gasteiger partial charge in [0.1, 0.15) is 5.25 Å². The number of carbonyl (C=O) groups is 1. The van der Waals surface area contributed by atoms with Crippen LogP contribution in [-0.2, 0) is 11.2 Å². The topological polar surface area (TPSA) is 50.2 Å². The van der Waals surface area contributed by atoms with Crippen molar-refractivity contribution < 1.29 is 9.90 Å². The van der Waals surface area contributed by atoms with Crippen molar-refractivity contribution in [1.29, 1.82) is 0 Å². The van der Waals surface area contributed by atoms with Crippen LogP contribution in [-0.4, -0.2) is 21.3 Å². The molecule has 1 aromatic carbocycles. The summed E-state index contributed by atoms with van der Waals surface area (Å²) in [5.74, 6) is -0.788. The molecular weight excluding hydrogens is 258 g/mol. The minimum absolute atomic E-state index is 0.427. The molecule has 0 saturated carbocycles. The monoisotopic (exact) mass is 273 g/mol. The molecule has 1 atom stereocenters. The number of aromatic nitrogens is 1. The van der Waals surface area contributed by atoms with E-state index in [4.69, 9.17) is 5.11 Å². The van der Waals surface area contributed by atoms with E-state index in [1.165, 1.54) is 22.9 Å². The van der Waals surface area contributed by atoms with Gasteiger partial charge in [0, 0.05) is 17.3 Å². The maximum absolute atomic E-state index is 10.8. The number of carboxylic acids is 1. The fourth-order valence-electron chi connectivity index (χ4n) is 1.68. The molecule has 1 N–H and O–H groups in total. The standard InChI is InChI=1S/C15H15NO2S/c1-11(15(17)18)19-14-6-4-12(5-7-14)9-13-3-2-8-16-10-13/h2-8,10-11H,9H2,1H3,(H,17,18). The van der Waals surface area contributed by atoms with Crippen molar-refractivity contribution in [3.8, 4) is 0 Å². The first-order valence-electron chi connectivity index (χ1n) is 6.02. The lowest BCUT2D eigenvalue weighted by Gasteiger charge is -2.07. The zero-order valence-electron chi connectivity index (χ0n) is 10.6. The second-order valence-corrected chi connectivity index (χ2v) is 5.69. The van der Waals surface area contributed by atoms with Crippen molar-refractivity contribution in [2.75, 3.05) is 0 Å². The molecule has 4 heteroatoms. The lowest BCUT2D eigenvalue weighted by Crippen LogP contribution is -2.10. The Hall–Kier alpha value is -1.81. The van der Waals surface area contributed by atoms with Gasteiger partial charge in [-0.25, -0.2) is 0 Å². The van der Waals surface area contributed by atoms with Crippen molar-refractivity contribution in [1.82, 2.24) is 4.98 Å². The number of hydrogen-bond acceptors (Lipinski definition) is 3. The molecule has 1 unspecified atom stereocenters. The van der Waals surface area contributed by atoms with E-state index in [0.717, 1.165) is 11.3 Å². The van der Waals surface area contributed by atoms with Crippen LogP contribution >= 0.6 is 11.8 Å². The predicted molar refractivity (Wildman–Crippen MR) is 76.4 cm³/mol. The Bertz CT molecular complexity index is 540. The fraction of sp³-hybridized carbons (Fsp3) is 0.200. The van der Waals surface area contributed by atoms with Crippen LogP contribution in [0.25, 0.3) is 0 Å². The van der Waals surface area contributed by atoms with Crippen LogP contribution in [0.5, 0.6) is 0 Å². The summed E-state index contributed by atoms with van der Waals surface area (Å²) in [6, 6.07) is 12.0. The molecule has 1 aromatic heterocycles. The summed E-state index contributed by atoms with van der Waals surface area (Å²) in [5, 5.41) is 8.44. The van der Waals surface area contributed by atoms with E-state index in [2.05, 4.69) is 4.98 Å². The van der Waals surface area contributed by atoms with Crippen LogP contribution in [0.15, 0.2) is 53.7 Å². The molecule has 0 spiro atoms. The van der Waals surface area contributed by atoms with Crippen molar-refractivity contribution in [2.24, 2.45) is 0 Å². The number of benzene rings is 1. The molecule has 0 bridgehead atoms. The summed E-state index contributed by atoms with van der Waals surface area (Å²) in [4.78, 5) is 15.8. The van der Waals surface area contributed by atoms with Crippen molar-refractivity contribution in [2.45, 2.75) is 23.5 Å². The molecule has 3 nitrogen and oxygen atoms in total. The molecule has 1 heterocycles. The second kappa shape index (κ2) is 6.38. The van der Waals surface area contributed by atoms with Crippen LogP contribution < -0.4 is 0 Å². The van der Waals surface area contributed by atoms with Crippen LogP contribution in [0, 0.1) is 0 Å². The SMILES string of the molecule is CC(Sc1ccc(Cc2cccnc2)cc1)C(=O)O. The van der Waals surface area contributed by atoms with E-state index in [-0.39, 0.29) is 0 Å². The Balaban J connectivity index is 2.01. The maximum atomic E-state index is 10.8. The highest BCUT2D eigenvalue weighted by atomic mass is 32.2. The number of carboxylic acid groups (broad SMARTS) is 1. The first-order valence-corrected chi connectivity index (χ1v) is 6.90.